The van der Waals surface area contributed by atoms with Gasteiger partial charge in [0.25, 0.3) is 0 Å². The van der Waals surface area contributed by atoms with Crippen LogP contribution in [0.2, 0.25) is 0 Å². The lowest BCUT2D eigenvalue weighted by Gasteiger charge is -2.14. The van der Waals surface area contributed by atoms with Crippen LogP contribution < -0.4 is 5.32 Å². The van der Waals surface area contributed by atoms with E-state index in [4.69, 9.17) is 19.3 Å². The Bertz CT molecular complexity index is 146. The molecule has 0 aliphatic carbocycles. The predicted octanol–water partition coefficient (Wildman–Crippen LogP) is 0.417. The Morgan fingerprint density at radius 1 is 1.06 bits per heavy atom. The first-order valence-corrected chi connectivity index (χ1v) is 6.33. The maximum Gasteiger partial charge on any atom is 0.0700 e. The fourth-order valence-corrected chi connectivity index (χ4v) is 1.38. The molecule has 0 bridgehead atoms. The molecule has 104 valence electrons. The molecular weight excluding hydrogens is 222 g/mol. The molecule has 0 spiro atoms. The number of aliphatic hydroxyl groups excluding tert-OH is 1. The van der Waals surface area contributed by atoms with Gasteiger partial charge in [0.05, 0.1) is 19.8 Å². The molecule has 0 aromatic rings. The molecule has 0 aromatic carbocycles. The summed E-state index contributed by atoms with van der Waals surface area (Å²) in [7, 11) is 1.66. The molecule has 0 rings (SSSR count). The van der Waals surface area contributed by atoms with Crippen molar-refractivity contribution in [3.05, 3.63) is 0 Å². The molecule has 1 atom stereocenters. The van der Waals surface area contributed by atoms with Crippen LogP contribution in [0.25, 0.3) is 0 Å². The van der Waals surface area contributed by atoms with Crippen LogP contribution in [0.3, 0.4) is 0 Å². The van der Waals surface area contributed by atoms with Gasteiger partial charge in [0, 0.05) is 33.0 Å². The summed E-state index contributed by atoms with van der Waals surface area (Å²) in [6, 6.07) is 0.151. The standard InChI is InChI=1S/C12H27NO4/c1-3-13-12(11-14)5-8-16-6-4-7-17-10-9-15-2/h12-14H,3-11H2,1-2H3. The van der Waals surface area contributed by atoms with Crippen molar-refractivity contribution in [3.8, 4) is 0 Å². The maximum absolute atomic E-state index is 9.03. The van der Waals surface area contributed by atoms with Gasteiger partial charge in [-0.3, -0.25) is 0 Å². The Labute approximate surface area is 104 Å². The van der Waals surface area contributed by atoms with E-state index in [0.717, 1.165) is 19.4 Å². The van der Waals surface area contributed by atoms with Crippen molar-refractivity contribution in [1.29, 1.82) is 0 Å². The van der Waals surface area contributed by atoms with Crippen LogP contribution >= 0.6 is 0 Å². The number of hydrogen-bond acceptors (Lipinski definition) is 5. The van der Waals surface area contributed by atoms with E-state index in [-0.39, 0.29) is 12.6 Å². The number of nitrogens with one attached hydrogen (secondary N) is 1. The second kappa shape index (κ2) is 13.9. The van der Waals surface area contributed by atoms with E-state index in [1.165, 1.54) is 0 Å². The summed E-state index contributed by atoms with van der Waals surface area (Å²) in [6.07, 6.45) is 1.74. The van der Waals surface area contributed by atoms with Crippen LogP contribution in [0.1, 0.15) is 19.8 Å². The minimum Gasteiger partial charge on any atom is -0.395 e. The monoisotopic (exact) mass is 249 g/mol. The van der Waals surface area contributed by atoms with Crippen LogP contribution in [-0.4, -0.2) is 64.4 Å². The second-order valence-corrected chi connectivity index (χ2v) is 3.80. The largest absolute Gasteiger partial charge is 0.395 e. The van der Waals surface area contributed by atoms with Crippen LogP contribution in [0, 0.1) is 0 Å². The molecule has 17 heavy (non-hydrogen) atoms. The van der Waals surface area contributed by atoms with E-state index in [9.17, 15) is 0 Å². The molecule has 0 saturated heterocycles. The first-order chi connectivity index (χ1) is 8.35. The molecule has 0 radical (unpaired) electrons. The summed E-state index contributed by atoms with van der Waals surface area (Å²) in [5.74, 6) is 0. The van der Waals surface area contributed by atoms with E-state index < -0.39 is 0 Å². The van der Waals surface area contributed by atoms with Gasteiger partial charge in [0.1, 0.15) is 0 Å². The Morgan fingerprint density at radius 2 is 1.76 bits per heavy atom. The topological polar surface area (TPSA) is 60.0 Å². The summed E-state index contributed by atoms with van der Waals surface area (Å²) in [6.45, 7) is 6.44. The molecule has 0 aromatic heterocycles. The molecule has 1 unspecified atom stereocenters. The first kappa shape index (κ1) is 16.8. The van der Waals surface area contributed by atoms with Gasteiger partial charge in [-0.15, -0.1) is 0 Å². The van der Waals surface area contributed by atoms with Crippen molar-refractivity contribution in [2.75, 3.05) is 53.3 Å². The third-order valence-corrected chi connectivity index (χ3v) is 2.33. The van der Waals surface area contributed by atoms with Gasteiger partial charge in [0.15, 0.2) is 0 Å². The lowest BCUT2D eigenvalue weighted by Crippen LogP contribution is -2.33. The smallest absolute Gasteiger partial charge is 0.0700 e. The Hall–Kier alpha value is -0.200. The van der Waals surface area contributed by atoms with Crippen molar-refractivity contribution in [2.45, 2.75) is 25.8 Å². The van der Waals surface area contributed by atoms with Gasteiger partial charge < -0.3 is 24.6 Å². The zero-order chi connectivity index (χ0) is 12.8. The molecule has 0 amide bonds. The fourth-order valence-electron chi connectivity index (χ4n) is 1.38. The van der Waals surface area contributed by atoms with Gasteiger partial charge in [0.2, 0.25) is 0 Å². The Morgan fingerprint density at radius 3 is 2.35 bits per heavy atom. The lowest BCUT2D eigenvalue weighted by molar-refractivity contribution is 0.0490. The summed E-state index contributed by atoms with van der Waals surface area (Å²) >= 11 is 0. The number of rotatable bonds is 13. The zero-order valence-electron chi connectivity index (χ0n) is 11.1. The quantitative estimate of drug-likeness (QED) is 0.463. The van der Waals surface area contributed by atoms with Crippen molar-refractivity contribution >= 4 is 0 Å². The number of likely N-dealkylation sites (N-methyl/N-ethyl adjacent to an activating group) is 1. The highest BCUT2D eigenvalue weighted by molar-refractivity contribution is 4.63. The maximum atomic E-state index is 9.03. The van der Waals surface area contributed by atoms with E-state index in [2.05, 4.69) is 5.32 Å². The normalized spacial score (nSPS) is 12.9. The average Bonchev–Trinajstić information content (AvgIpc) is 2.35. The number of aliphatic hydroxyl groups is 1. The van der Waals surface area contributed by atoms with E-state index in [1.54, 1.807) is 7.11 Å². The predicted molar refractivity (Wildman–Crippen MR) is 67.3 cm³/mol. The van der Waals surface area contributed by atoms with Crippen molar-refractivity contribution < 1.29 is 19.3 Å². The lowest BCUT2D eigenvalue weighted by atomic mass is 10.2. The van der Waals surface area contributed by atoms with Crippen LogP contribution in [0.5, 0.6) is 0 Å². The molecule has 5 heteroatoms. The van der Waals surface area contributed by atoms with E-state index >= 15 is 0 Å². The third kappa shape index (κ3) is 12.1. The average molecular weight is 249 g/mol. The minimum absolute atomic E-state index is 0.151. The molecular formula is C12H27NO4. The summed E-state index contributed by atoms with van der Waals surface area (Å²) in [4.78, 5) is 0. The Balaban J connectivity index is 3.11. The van der Waals surface area contributed by atoms with Gasteiger partial charge in [-0.2, -0.15) is 0 Å². The first-order valence-electron chi connectivity index (χ1n) is 6.33. The molecule has 0 saturated carbocycles. The van der Waals surface area contributed by atoms with E-state index in [1.807, 2.05) is 6.92 Å². The van der Waals surface area contributed by atoms with Crippen molar-refractivity contribution in [3.63, 3.8) is 0 Å². The highest BCUT2D eigenvalue weighted by Gasteiger charge is 2.04. The SMILES string of the molecule is CCNC(CO)CCOCCCOCCOC. The van der Waals surface area contributed by atoms with Gasteiger partial charge >= 0.3 is 0 Å². The Kier molecular flexibility index (Phi) is 13.7. The number of methoxy groups -OCH3 is 1. The van der Waals surface area contributed by atoms with Crippen LogP contribution in [0.15, 0.2) is 0 Å². The summed E-state index contributed by atoms with van der Waals surface area (Å²) in [5.41, 5.74) is 0. The second-order valence-electron chi connectivity index (χ2n) is 3.80. The number of ether oxygens (including phenoxy) is 3. The third-order valence-electron chi connectivity index (χ3n) is 2.33. The van der Waals surface area contributed by atoms with Gasteiger partial charge in [-0.25, -0.2) is 0 Å². The molecule has 5 nitrogen and oxygen atoms in total. The van der Waals surface area contributed by atoms with Gasteiger partial charge in [-0.1, -0.05) is 6.92 Å². The van der Waals surface area contributed by atoms with Crippen LogP contribution in [0.4, 0.5) is 0 Å². The number of hydrogen-bond donors (Lipinski definition) is 2. The van der Waals surface area contributed by atoms with Crippen molar-refractivity contribution in [2.24, 2.45) is 0 Å². The summed E-state index contributed by atoms with van der Waals surface area (Å²) < 4.78 is 15.6. The molecule has 0 aliphatic heterocycles. The molecule has 0 heterocycles. The molecule has 0 fully saturated rings. The summed E-state index contributed by atoms with van der Waals surface area (Å²) in [5, 5.41) is 12.2. The zero-order valence-corrected chi connectivity index (χ0v) is 11.1. The fraction of sp³-hybridized carbons (Fsp3) is 1.00. The highest BCUT2D eigenvalue weighted by Crippen LogP contribution is 1.93. The van der Waals surface area contributed by atoms with E-state index in [0.29, 0.717) is 33.0 Å². The molecule has 0 aliphatic rings. The van der Waals surface area contributed by atoms with Gasteiger partial charge in [-0.05, 0) is 19.4 Å². The minimum atomic E-state index is 0.151. The van der Waals surface area contributed by atoms with Crippen LogP contribution in [-0.2, 0) is 14.2 Å². The molecule has 2 N–H and O–H groups in total. The van der Waals surface area contributed by atoms with Crippen molar-refractivity contribution in [1.82, 2.24) is 5.32 Å². The highest BCUT2D eigenvalue weighted by atomic mass is 16.5.